The maximum Gasteiger partial charge on any atom is 0.271 e. The van der Waals surface area contributed by atoms with Gasteiger partial charge in [-0.15, -0.1) is 0 Å². The zero-order valence-electron chi connectivity index (χ0n) is 16.0. The Bertz CT molecular complexity index is 1190. The summed E-state index contributed by atoms with van der Waals surface area (Å²) in [4.78, 5) is 30.7. The number of Topliss-reactive ketones (excluding diaryl/α,β-unsaturated/α-hetero) is 1. The predicted octanol–water partition coefficient (Wildman–Crippen LogP) is 5.38. The third-order valence-electron chi connectivity index (χ3n) is 4.44. The van der Waals surface area contributed by atoms with E-state index in [1.807, 2.05) is 24.3 Å². The van der Waals surface area contributed by atoms with Gasteiger partial charge in [0.25, 0.3) is 5.91 Å². The summed E-state index contributed by atoms with van der Waals surface area (Å²) in [5, 5.41) is 0.467. The zero-order valence-corrected chi connectivity index (χ0v) is 16.9. The molecule has 1 amide bonds. The molecule has 0 unspecified atom stereocenters. The van der Waals surface area contributed by atoms with E-state index in [1.165, 1.54) is 35.3 Å². The average molecular weight is 420 g/mol. The number of rotatable bonds is 6. The number of halogens is 1. The summed E-state index contributed by atoms with van der Waals surface area (Å²) in [5.41, 5.74) is 1.85. The van der Waals surface area contributed by atoms with E-state index in [2.05, 4.69) is 4.98 Å². The fraction of sp³-hybridized carbons (Fsp3) is 0.0870. The number of fused-ring (bicyclic) bond motifs is 1. The van der Waals surface area contributed by atoms with Crippen LogP contribution in [0.5, 0.6) is 5.75 Å². The van der Waals surface area contributed by atoms with Gasteiger partial charge in [0, 0.05) is 5.56 Å². The highest BCUT2D eigenvalue weighted by molar-refractivity contribution is 7.22. The molecule has 3 aromatic carbocycles. The number of para-hydroxylation sites is 2. The molecule has 0 saturated heterocycles. The smallest absolute Gasteiger partial charge is 0.271 e. The van der Waals surface area contributed by atoms with Crippen LogP contribution >= 0.6 is 11.3 Å². The van der Waals surface area contributed by atoms with Gasteiger partial charge in [-0.1, -0.05) is 35.6 Å². The normalized spacial score (nSPS) is 10.7. The first kappa shape index (κ1) is 19.7. The van der Waals surface area contributed by atoms with Crippen LogP contribution < -0.4 is 9.64 Å². The van der Waals surface area contributed by atoms with Gasteiger partial charge in [-0.05, 0) is 55.5 Å². The summed E-state index contributed by atoms with van der Waals surface area (Å²) in [6.07, 6.45) is 0. The quantitative estimate of drug-likeness (QED) is 0.393. The molecule has 5 nitrogen and oxygen atoms in total. The van der Waals surface area contributed by atoms with Gasteiger partial charge in [0.1, 0.15) is 0 Å². The number of carbonyl (C=O) groups excluding carboxylic acids is 2. The third-order valence-corrected chi connectivity index (χ3v) is 5.46. The molecule has 4 aromatic rings. The van der Waals surface area contributed by atoms with Crippen molar-refractivity contribution >= 4 is 44.1 Å². The lowest BCUT2D eigenvalue weighted by Gasteiger charge is -2.20. The molecule has 0 aliphatic rings. The number of benzene rings is 3. The number of anilines is 2. The molecule has 7 heteroatoms. The highest BCUT2D eigenvalue weighted by Crippen LogP contribution is 2.33. The number of aromatic nitrogens is 1. The lowest BCUT2D eigenvalue weighted by atomic mass is 10.1. The highest BCUT2D eigenvalue weighted by atomic mass is 32.1. The fourth-order valence-electron chi connectivity index (χ4n) is 2.93. The molecule has 0 fully saturated rings. The molecule has 150 valence electrons. The van der Waals surface area contributed by atoms with Crippen LogP contribution in [0, 0.1) is 5.82 Å². The number of amides is 1. The van der Waals surface area contributed by atoms with Gasteiger partial charge in [0.05, 0.1) is 15.9 Å². The van der Waals surface area contributed by atoms with Crippen LogP contribution in [-0.4, -0.2) is 23.3 Å². The molecule has 0 aliphatic heterocycles. The molecule has 0 saturated carbocycles. The Kier molecular flexibility index (Phi) is 5.54. The summed E-state index contributed by atoms with van der Waals surface area (Å²) in [6.45, 7) is 1.11. The molecule has 1 heterocycles. The monoisotopic (exact) mass is 420 g/mol. The van der Waals surface area contributed by atoms with E-state index < -0.39 is 11.7 Å². The number of nitrogens with zero attached hydrogens (tertiary/aromatic N) is 2. The second-order valence-corrected chi connectivity index (χ2v) is 7.52. The molecular formula is C23H17FN2O3S. The lowest BCUT2D eigenvalue weighted by molar-refractivity contribution is -0.119. The summed E-state index contributed by atoms with van der Waals surface area (Å²) < 4.78 is 20.2. The van der Waals surface area contributed by atoms with E-state index in [0.717, 1.165) is 10.2 Å². The van der Waals surface area contributed by atoms with E-state index in [1.54, 1.807) is 36.4 Å². The van der Waals surface area contributed by atoms with Crippen LogP contribution in [0.4, 0.5) is 15.2 Å². The number of thiazole rings is 1. The van der Waals surface area contributed by atoms with Gasteiger partial charge in [-0.2, -0.15) is 0 Å². The topological polar surface area (TPSA) is 59.5 Å². The summed E-state index contributed by atoms with van der Waals surface area (Å²) in [5.74, 6) is -1.01. The molecule has 0 atom stereocenters. The predicted molar refractivity (Wildman–Crippen MR) is 115 cm³/mol. The average Bonchev–Trinajstić information content (AvgIpc) is 3.17. The van der Waals surface area contributed by atoms with E-state index in [-0.39, 0.29) is 18.1 Å². The van der Waals surface area contributed by atoms with Crippen molar-refractivity contribution in [2.45, 2.75) is 6.92 Å². The van der Waals surface area contributed by atoms with Crippen molar-refractivity contribution < 1.29 is 18.7 Å². The largest absolute Gasteiger partial charge is 0.481 e. The molecule has 1 aromatic heterocycles. The van der Waals surface area contributed by atoms with Gasteiger partial charge in [-0.3, -0.25) is 14.5 Å². The summed E-state index contributed by atoms with van der Waals surface area (Å²) in [7, 11) is 0. The van der Waals surface area contributed by atoms with Crippen LogP contribution in [0.2, 0.25) is 0 Å². The first-order valence-electron chi connectivity index (χ1n) is 9.20. The molecule has 0 aliphatic carbocycles. The molecule has 4 rings (SSSR count). The molecule has 30 heavy (non-hydrogen) atoms. The number of ketones is 1. The van der Waals surface area contributed by atoms with Crippen molar-refractivity contribution in [1.29, 1.82) is 0 Å². The van der Waals surface area contributed by atoms with Gasteiger partial charge in [0.2, 0.25) is 0 Å². The van der Waals surface area contributed by atoms with Crippen molar-refractivity contribution in [3.8, 4) is 5.75 Å². The number of hydrogen-bond donors (Lipinski definition) is 0. The van der Waals surface area contributed by atoms with Crippen LogP contribution in [0.25, 0.3) is 10.2 Å². The molecule has 0 radical (unpaired) electrons. The van der Waals surface area contributed by atoms with Crippen molar-refractivity contribution in [1.82, 2.24) is 4.98 Å². The van der Waals surface area contributed by atoms with Crippen LogP contribution in [0.3, 0.4) is 0 Å². The van der Waals surface area contributed by atoms with E-state index in [0.29, 0.717) is 16.4 Å². The van der Waals surface area contributed by atoms with Gasteiger partial charge in [0.15, 0.2) is 29.1 Å². The Balaban J connectivity index is 1.68. The lowest BCUT2D eigenvalue weighted by Crippen LogP contribution is -2.31. The number of hydrogen-bond acceptors (Lipinski definition) is 5. The highest BCUT2D eigenvalue weighted by Gasteiger charge is 2.23. The Hall–Kier alpha value is -3.58. The summed E-state index contributed by atoms with van der Waals surface area (Å²) >= 11 is 1.36. The first-order chi connectivity index (χ1) is 14.5. The Labute approximate surface area is 176 Å². The second kappa shape index (κ2) is 8.42. The number of ether oxygens (including phenoxy) is 1. The van der Waals surface area contributed by atoms with Crippen LogP contribution in [-0.2, 0) is 4.79 Å². The fourth-order valence-corrected chi connectivity index (χ4v) is 3.93. The molecule has 0 N–H and O–H groups in total. The third kappa shape index (κ3) is 4.06. The minimum atomic E-state index is -0.539. The van der Waals surface area contributed by atoms with Gasteiger partial charge in [-0.25, -0.2) is 9.37 Å². The molecule has 0 bridgehead atoms. The van der Waals surface area contributed by atoms with Gasteiger partial charge < -0.3 is 4.74 Å². The van der Waals surface area contributed by atoms with Crippen molar-refractivity contribution in [2.75, 3.05) is 11.5 Å². The minimum Gasteiger partial charge on any atom is -0.481 e. The van der Waals surface area contributed by atoms with Gasteiger partial charge >= 0.3 is 0 Å². The first-order valence-corrected chi connectivity index (χ1v) is 10.0. The van der Waals surface area contributed by atoms with Crippen molar-refractivity contribution in [3.63, 3.8) is 0 Å². The zero-order chi connectivity index (χ0) is 21.1. The maximum atomic E-state index is 13.9. The van der Waals surface area contributed by atoms with Crippen LogP contribution in [0.15, 0.2) is 72.8 Å². The Morgan fingerprint density at radius 3 is 2.40 bits per heavy atom. The minimum absolute atomic E-state index is 0.00188. The number of carbonyl (C=O) groups is 2. The van der Waals surface area contributed by atoms with E-state index in [9.17, 15) is 14.0 Å². The Morgan fingerprint density at radius 2 is 1.70 bits per heavy atom. The molecular weight excluding hydrogens is 403 g/mol. The van der Waals surface area contributed by atoms with E-state index >= 15 is 0 Å². The summed E-state index contributed by atoms with van der Waals surface area (Å²) in [6, 6.07) is 20.2. The van der Waals surface area contributed by atoms with Crippen molar-refractivity contribution in [2.24, 2.45) is 0 Å². The van der Waals surface area contributed by atoms with E-state index in [4.69, 9.17) is 4.74 Å². The maximum absolute atomic E-state index is 13.9. The molecule has 0 spiro atoms. The van der Waals surface area contributed by atoms with Crippen molar-refractivity contribution in [3.05, 3.63) is 84.2 Å². The SMILES string of the molecule is CC(=O)c1ccc(N(C(=O)COc2ccccc2F)c2nc3ccccc3s2)cc1. The van der Waals surface area contributed by atoms with Crippen LogP contribution in [0.1, 0.15) is 17.3 Å². The Morgan fingerprint density at radius 1 is 1.00 bits per heavy atom. The standard InChI is InChI=1S/C23H17FN2O3S/c1-15(27)16-10-12-17(13-11-16)26(23-25-19-7-3-5-9-21(19)30-23)22(28)14-29-20-8-4-2-6-18(20)24/h2-13H,14H2,1H3. The second-order valence-electron chi connectivity index (χ2n) is 6.52.